The molecular formula is C22H20N2O3S. The molecule has 28 heavy (non-hydrogen) atoms. The molecule has 4 aromatic rings. The van der Waals surface area contributed by atoms with Crippen molar-refractivity contribution >= 4 is 32.6 Å². The molecule has 1 N–H and O–H groups in total. The molecule has 0 saturated carbocycles. The molecule has 0 aliphatic carbocycles. The highest BCUT2D eigenvalue weighted by atomic mass is 32.1. The van der Waals surface area contributed by atoms with Crippen molar-refractivity contribution in [1.29, 1.82) is 0 Å². The van der Waals surface area contributed by atoms with Crippen molar-refractivity contribution in [1.82, 2.24) is 4.98 Å². The Hall–Kier alpha value is -3.12. The summed E-state index contributed by atoms with van der Waals surface area (Å²) in [7, 11) is 0. The zero-order valence-electron chi connectivity index (χ0n) is 15.9. The highest BCUT2D eigenvalue weighted by molar-refractivity contribution is 7.22. The molecule has 142 valence electrons. The number of furan rings is 1. The number of fused-ring (bicyclic) bond motifs is 1. The molecule has 0 radical (unpaired) electrons. The van der Waals surface area contributed by atoms with Gasteiger partial charge in [0.1, 0.15) is 18.1 Å². The first-order chi connectivity index (χ1) is 13.5. The molecule has 6 heteroatoms. The Morgan fingerprint density at radius 3 is 2.68 bits per heavy atom. The molecule has 2 aromatic heterocycles. The Balaban J connectivity index is 1.43. The molecule has 4 rings (SSSR count). The average Bonchev–Trinajstić information content (AvgIpc) is 3.27. The van der Waals surface area contributed by atoms with E-state index in [1.807, 2.05) is 51.1 Å². The molecule has 0 bridgehead atoms. The number of hydrogen-bond acceptors (Lipinski definition) is 5. The summed E-state index contributed by atoms with van der Waals surface area (Å²) in [5.41, 5.74) is 4.16. The SMILES string of the molecule is Cc1ccc2nc(NC(=O)c3ccc(COc4c(C)cccc4C)o3)sc2c1. The molecule has 0 atom stereocenters. The van der Waals surface area contributed by atoms with Crippen molar-refractivity contribution < 1.29 is 13.9 Å². The van der Waals surface area contributed by atoms with Gasteiger partial charge < -0.3 is 9.15 Å². The van der Waals surface area contributed by atoms with Crippen LogP contribution in [0.15, 0.2) is 52.9 Å². The van der Waals surface area contributed by atoms with E-state index in [1.54, 1.807) is 12.1 Å². The third-order valence-corrected chi connectivity index (χ3v) is 5.35. The molecule has 0 aliphatic heterocycles. The number of anilines is 1. The van der Waals surface area contributed by atoms with Gasteiger partial charge in [-0.1, -0.05) is 35.6 Å². The fourth-order valence-electron chi connectivity index (χ4n) is 2.99. The first-order valence-corrected chi connectivity index (χ1v) is 9.77. The van der Waals surface area contributed by atoms with Crippen molar-refractivity contribution in [2.75, 3.05) is 5.32 Å². The van der Waals surface area contributed by atoms with Gasteiger partial charge in [-0.05, 0) is 61.7 Å². The molecule has 1 amide bonds. The van der Waals surface area contributed by atoms with Gasteiger partial charge in [-0.25, -0.2) is 4.98 Å². The Labute approximate surface area is 167 Å². The van der Waals surface area contributed by atoms with E-state index in [0.29, 0.717) is 10.9 Å². The van der Waals surface area contributed by atoms with Crippen LogP contribution < -0.4 is 10.1 Å². The zero-order valence-corrected chi connectivity index (χ0v) is 16.7. The van der Waals surface area contributed by atoms with E-state index in [1.165, 1.54) is 11.3 Å². The number of ether oxygens (including phenoxy) is 1. The van der Waals surface area contributed by atoms with Gasteiger partial charge in [-0.15, -0.1) is 0 Å². The Morgan fingerprint density at radius 1 is 1.11 bits per heavy atom. The molecule has 0 unspecified atom stereocenters. The number of carbonyl (C=O) groups excluding carboxylic acids is 1. The summed E-state index contributed by atoms with van der Waals surface area (Å²) in [6.45, 7) is 6.30. The first-order valence-electron chi connectivity index (χ1n) is 8.96. The quantitative estimate of drug-likeness (QED) is 0.477. The standard InChI is InChI=1S/C22H20N2O3S/c1-13-7-9-17-19(11-13)28-22(23-17)24-21(25)18-10-8-16(27-18)12-26-20-14(2)5-4-6-15(20)3/h4-11H,12H2,1-3H3,(H,23,24,25). The second-order valence-electron chi connectivity index (χ2n) is 6.72. The number of nitrogens with zero attached hydrogens (tertiary/aromatic N) is 1. The van der Waals surface area contributed by atoms with Gasteiger partial charge in [0.2, 0.25) is 0 Å². The summed E-state index contributed by atoms with van der Waals surface area (Å²) in [6, 6.07) is 15.4. The number of aryl methyl sites for hydroxylation is 3. The number of amides is 1. The summed E-state index contributed by atoms with van der Waals surface area (Å²) >= 11 is 1.44. The van der Waals surface area contributed by atoms with Crippen molar-refractivity contribution in [2.45, 2.75) is 27.4 Å². The van der Waals surface area contributed by atoms with Crippen molar-refractivity contribution in [3.05, 3.63) is 76.7 Å². The smallest absolute Gasteiger partial charge is 0.293 e. The molecule has 2 heterocycles. The first kappa shape index (κ1) is 18.3. The minimum atomic E-state index is -0.325. The third kappa shape index (κ3) is 3.77. The lowest BCUT2D eigenvalue weighted by Crippen LogP contribution is -2.10. The van der Waals surface area contributed by atoms with Crippen LogP contribution in [0.1, 0.15) is 33.0 Å². The average molecular weight is 392 g/mol. The van der Waals surface area contributed by atoms with Crippen LogP contribution in [0.4, 0.5) is 5.13 Å². The number of hydrogen-bond donors (Lipinski definition) is 1. The third-order valence-electron chi connectivity index (χ3n) is 4.42. The minimum Gasteiger partial charge on any atom is -0.485 e. The maximum absolute atomic E-state index is 12.5. The lowest BCUT2D eigenvalue weighted by Gasteiger charge is -2.10. The fraction of sp³-hybridized carbons (Fsp3) is 0.182. The number of benzene rings is 2. The number of carbonyl (C=O) groups is 1. The second kappa shape index (κ2) is 7.48. The van der Waals surface area contributed by atoms with Crippen LogP contribution in [0.5, 0.6) is 5.75 Å². The predicted octanol–water partition coefficient (Wildman–Crippen LogP) is 5.65. The van der Waals surface area contributed by atoms with Gasteiger partial charge in [0, 0.05) is 0 Å². The number of rotatable bonds is 5. The van der Waals surface area contributed by atoms with E-state index < -0.39 is 0 Å². The maximum atomic E-state index is 12.5. The van der Waals surface area contributed by atoms with Gasteiger partial charge in [0.15, 0.2) is 10.9 Å². The summed E-state index contributed by atoms with van der Waals surface area (Å²) in [5.74, 6) is 1.34. The van der Waals surface area contributed by atoms with E-state index in [0.717, 1.165) is 32.7 Å². The molecule has 0 saturated heterocycles. The van der Waals surface area contributed by atoms with Crippen LogP contribution in [-0.2, 0) is 6.61 Å². The van der Waals surface area contributed by atoms with Crippen molar-refractivity contribution in [2.24, 2.45) is 0 Å². The van der Waals surface area contributed by atoms with Crippen LogP contribution in [0.25, 0.3) is 10.2 Å². The van der Waals surface area contributed by atoms with E-state index >= 15 is 0 Å². The highest BCUT2D eigenvalue weighted by Crippen LogP contribution is 2.27. The van der Waals surface area contributed by atoms with E-state index in [2.05, 4.69) is 16.4 Å². The maximum Gasteiger partial charge on any atom is 0.293 e. The lowest BCUT2D eigenvalue weighted by molar-refractivity contribution is 0.0992. The topological polar surface area (TPSA) is 64.4 Å². The molecule has 0 spiro atoms. The van der Waals surface area contributed by atoms with E-state index in [-0.39, 0.29) is 18.3 Å². The number of nitrogens with one attached hydrogen (secondary N) is 1. The molecule has 2 aromatic carbocycles. The Bertz CT molecular complexity index is 1140. The van der Waals surface area contributed by atoms with Crippen molar-refractivity contribution in [3.63, 3.8) is 0 Å². The van der Waals surface area contributed by atoms with Gasteiger partial charge in [0.05, 0.1) is 10.2 Å². The summed E-state index contributed by atoms with van der Waals surface area (Å²) in [5, 5.41) is 3.36. The molecule has 0 fully saturated rings. The largest absolute Gasteiger partial charge is 0.485 e. The number of aromatic nitrogens is 1. The molecule has 0 aliphatic rings. The van der Waals surface area contributed by atoms with Crippen LogP contribution in [0.3, 0.4) is 0 Å². The van der Waals surface area contributed by atoms with Gasteiger partial charge in [0.25, 0.3) is 5.91 Å². The van der Waals surface area contributed by atoms with Crippen LogP contribution in [0.2, 0.25) is 0 Å². The van der Waals surface area contributed by atoms with Crippen LogP contribution in [-0.4, -0.2) is 10.9 Å². The van der Waals surface area contributed by atoms with Gasteiger partial charge in [-0.2, -0.15) is 0 Å². The zero-order chi connectivity index (χ0) is 19.7. The minimum absolute atomic E-state index is 0.232. The normalized spacial score (nSPS) is 11.0. The molecule has 5 nitrogen and oxygen atoms in total. The summed E-state index contributed by atoms with van der Waals surface area (Å²) < 4.78 is 12.6. The fourth-order valence-corrected chi connectivity index (χ4v) is 3.95. The van der Waals surface area contributed by atoms with Gasteiger partial charge in [-0.3, -0.25) is 10.1 Å². The second-order valence-corrected chi connectivity index (χ2v) is 7.75. The number of thiazole rings is 1. The summed E-state index contributed by atoms with van der Waals surface area (Å²) in [6.07, 6.45) is 0. The van der Waals surface area contributed by atoms with Crippen LogP contribution in [0, 0.1) is 20.8 Å². The van der Waals surface area contributed by atoms with Gasteiger partial charge >= 0.3 is 0 Å². The Kier molecular flexibility index (Phi) is 4.88. The number of para-hydroxylation sites is 1. The van der Waals surface area contributed by atoms with E-state index in [4.69, 9.17) is 9.15 Å². The monoisotopic (exact) mass is 392 g/mol. The highest BCUT2D eigenvalue weighted by Gasteiger charge is 2.15. The molecular weight excluding hydrogens is 372 g/mol. The Morgan fingerprint density at radius 2 is 1.89 bits per heavy atom. The van der Waals surface area contributed by atoms with Crippen LogP contribution >= 0.6 is 11.3 Å². The predicted molar refractivity (Wildman–Crippen MR) is 111 cm³/mol. The van der Waals surface area contributed by atoms with E-state index in [9.17, 15) is 4.79 Å². The van der Waals surface area contributed by atoms with Crippen molar-refractivity contribution in [3.8, 4) is 5.75 Å². The lowest BCUT2D eigenvalue weighted by atomic mass is 10.1. The summed E-state index contributed by atoms with van der Waals surface area (Å²) in [4.78, 5) is 16.9.